The number of methoxy groups -OCH3 is 1. The number of aryl methyl sites for hydroxylation is 1. The van der Waals surface area contributed by atoms with Crippen LogP contribution in [0.5, 0.6) is 5.75 Å². The van der Waals surface area contributed by atoms with Gasteiger partial charge in [-0.15, -0.1) is 0 Å². The Balaban J connectivity index is 2.11. The van der Waals surface area contributed by atoms with Gasteiger partial charge >= 0.3 is 0 Å². The summed E-state index contributed by atoms with van der Waals surface area (Å²) in [6.45, 7) is 2.71. The van der Waals surface area contributed by atoms with Crippen LogP contribution in [0, 0.1) is 6.92 Å². The van der Waals surface area contributed by atoms with E-state index in [1.165, 1.54) is 0 Å². The Hall–Kier alpha value is -1.19. The summed E-state index contributed by atoms with van der Waals surface area (Å²) in [7, 11) is 1.66. The number of benzene rings is 2. The van der Waals surface area contributed by atoms with Crippen LogP contribution in [-0.4, -0.2) is 7.11 Å². The average molecular weight is 341 g/mol. The zero-order valence-electron chi connectivity index (χ0n) is 10.8. The first-order chi connectivity index (χ1) is 9.10. The third-order valence-electron chi connectivity index (χ3n) is 2.89. The molecule has 2 rings (SSSR count). The molecule has 0 aliphatic rings. The standard InChI is InChI=1S/C15H15BrClNO/c1-10-3-4-11(7-14(10)17)9-18-15-8-12(19-2)5-6-13(15)16/h3-8,18H,9H2,1-2H3. The van der Waals surface area contributed by atoms with E-state index in [-0.39, 0.29) is 0 Å². The fraction of sp³-hybridized carbons (Fsp3) is 0.200. The summed E-state index contributed by atoms with van der Waals surface area (Å²) >= 11 is 9.63. The Morgan fingerprint density at radius 1 is 1.21 bits per heavy atom. The largest absolute Gasteiger partial charge is 0.497 e. The number of hydrogen-bond donors (Lipinski definition) is 1. The van der Waals surface area contributed by atoms with E-state index >= 15 is 0 Å². The van der Waals surface area contributed by atoms with Gasteiger partial charge in [-0.1, -0.05) is 23.7 Å². The van der Waals surface area contributed by atoms with Gasteiger partial charge in [0.05, 0.1) is 12.8 Å². The molecular formula is C15H15BrClNO. The molecule has 0 heterocycles. The second-order valence-corrected chi connectivity index (χ2v) is 5.54. The van der Waals surface area contributed by atoms with E-state index in [9.17, 15) is 0 Å². The minimum absolute atomic E-state index is 0.714. The Kier molecular flexibility index (Phi) is 4.72. The summed E-state index contributed by atoms with van der Waals surface area (Å²) in [6, 6.07) is 11.9. The highest BCUT2D eigenvalue weighted by Gasteiger charge is 2.03. The third kappa shape index (κ3) is 3.64. The minimum atomic E-state index is 0.714. The molecule has 0 aliphatic carbocycles. The molecule has 4 heteroatoms. The summed E-state index contributed by atoms with van der Waals surface area (Å²) < 4.78 is 6.22. The molecule has 19 heavy (non-hydrogen) atoms. The van der Waals surface area contributed by atoms with Crippen LogP contribution in [0.2, 0.25) is 5.02 Å². The molecular weight excluding hydrogens is 326 g/mol. The lowest BCUT2D eigenvalue weighted by Gasteiger charge is -2.11. The van der Waals surface area contributed by atoms with Crippen molar-refractivity contribution < 1.29 is 4.74 Å². The lowest BCUT2D eigenvalue weighted by Crippen LogP contribution is -2.00. The van der Waals surface area contributed by atoms with Crippen LogP contribution in [0.3, 0.4) is 0 Å². The highest BCUT2D eigenvalue weighted by molar-refractivity contribution is 9.10. The van der Waals surface area contributed by atoms with Gasteiger partial charge in [-0.2, -0.15) is 0 Å². The zero-order chi connectivity index (χ0) is 13.8. The highest BCUT2D eigenvalue weighted by Crippen LogP contribution is 2.27. The van der Waals surface area contributed by atoms with Crippen LogP contribution in [0.4, 0.5) is 5.69 Å². The Morgan fingerprint density at radius 2 is 2.00 bits per heavy atom. The number of rotatable bonds is 4. The van der Waals surface area contributed by atoms with Crippen LogP contribution in [0.25, 0.3) is 0 Å². The molecule has 0 aliphatic heterocycles. The van der Waals surface area contributed by atoms with Crippen molar-refractivity contribution in [1.82, 2.24) is 0 Å². The van der Waals surface area contributed by atoms with Gasteiger partial charge in [-0.25, -0.2) is 0 Å². The third-order valence-corrected chi connectivity index (χ3v) is 3.99. The van der Waals surface area contributed by atoms with Crippen molar-refractivity contribution in [3.63, 3.8) is 0 Å². The summed E-state index contributed by atoms with van der Waals surface area (Å²) in [6.07, 6.45) is 0. The van der Waals surface area contributed by atoms with Gasteiger partial charge in [-0.3, -0.25) is 0 Å². The highest BCUT2D eigenvalue weighted by atomic mass is 79.9. The molecule has 2 aromatic rings. The van der Waals surface area contributed by atoms with Gasteiger partial charge in [0.25, 0.3) is 0 Å². The molecule has 0 spiro atoms. The first kappa shape index (κ1) is 14.2. The van der Waals surface area contributed by atoms with Crippen molar-refractivity contribution in [1.29, 1.82) is 0 Å². The van der Waals surface area contributed by atoms with Gasteiger partial charge in [0, 0.05) is 22.1 Å². The lowest BCUT2D eigenvalue weighted by atomic mass is 10.1. The Labute approximate surface area is 126 Å². The summed E-state index contributed by atoms with van der Waals surface area (Å²) in [5.41, 5.74) is 3.23. The van der Waals surface area contributed by atoms with Crippen LogP contribution < -0.4 is 10.1 Å². The smallest absolute Gasteiger partial charge is 0.121 e. The predicted octanol–water partition coefficient (Wildman–Crippen LogP) is 5.03. The molecule has 0 unspecified atom stereocenters. The number of hydrogen-bond acceptors (Lipinski definition) is 2. The molecule has 0 saturated carbocycles. The van der Waals surface area contributed by atoms with Gasteiger partial charge in [0.1, 0.15) is 5.75 Å². The molecule has 0 amide bonds. The minimum Gasteiger partial charge on any atom is -0.497 e. The monoisotopic (exact) mass is 339 g/mol. The van der Waals surface area contributed by atoms with Gasteiger partial charge in [0.15, 0.2) is 0 Å². The number of ether oxygens (including phenoxy) is 1. The van der Waals surface area contributed by atoms with E-state index in [4.69, 9.17) is 16.3 Å². The van der Waals surface area contributed by atoms with E-state index < -0.39 is 0 Å². The van der Waals surface area contributed by atoms with Crippen LogP contribution >= 0.6 is 27.5 Å². The maximum atomic E-state index is 6.12. The Morgan fingerprint density at radius 3 is 2.68 bits per heavy atom. The van der Waals surface area contributed by atoms with Crippen molar-refractivity contribution in [3.8, 4) is 5.75 Å². The molecule has 100 valence electrons. The van der Waals surface area contributed by atoms with Crippen molar-refractivity contribution in [2.75, 3.05) is 12.4 Å². The first-order valence-corrected chi connectivity index (χ1v) is 7.09. The van der Waals surface area contributed by atoms with Crippen LogP contribution in [-0.2, 0) is 6.54 Å². The molecule has 0 saturated heterocycles. The molecule has 2 nitrogen and oxygen atoms in total. The molecule has 0 atom stereocenters. The molecule has 0 fully saturated rings. The lowest BCUT2D eigenvalue weighted by molar-refractivity contribution is 0.415. The predicted molar refractivity (Wildman–Crippen MR) is 84.2 cm³/mol. The molecule has 0 aromatic heterocycles. The topological polar surface area (TPSA) is 21.3 Å². The molecule has 0 bridgehead atoms. The fourth-order valence-electron chi connectivity index (χ4n) is 1.71. The van der Waals surface area contributed by atoms with Crippen LogP contribution in [0.1, 0.15) is 11.1 Å². The summed E-state index contributed by atoms with van der Waals surface area (Å²) in [4.78, 5) is 0. The van der Waals surface area contributed by atoms with Crippen molar-refractivity contribution in [2.45, 2.75) is 13.5 Å². The molecule has 0 radical (unpaired) electrons. The van der Waals surface area contributed by atoms with E-state index in [0.29, 0.717) is 6.54 Å². The van der Waals surface area contributed by atoms with E-state index in [2.05, 4.69) is 27.3 Å². The number of nitrogens with one attached hydrogen (secondary N) is 1. The second-order valence-electron chi connectivity index (χ2n) is 4.28. The molecule has 1 N–H and O–H groups in total. The van der Waals surface area contributed by atoms with Crippen molar-refractivity contribution >= 4 is 33.2 Å². The normalized spacial score (nSPS) is 10.3. The maximum Gasteiger partial charge on any atom is 0.121 e. The van der Waals surface area contributed by atoms with Crippen molar-refractivity contribution in [2.24, 2.45) is 0 Å². The fourth-order valence-corrected chi connectivity index (χ4v) is 2.30. The van der Waals surface area contributed by atoms with Crippen LogP contribution in [0.15, 0.2) is 40.9 Å². The number of anilines is 1. The zero-order valence-corrected chi connectivity index (χ0v) is 13.2. The first-order valence-electron chi connectivity index (χ1n) is 5.92. The second kappa shape index (κ2) is 6.31. The van der Waals surface area contributed by atoms with E-state index in [1.54, 1.807) is 7.11 Å². The van der Waals surface area contributed by atoms with E-state index in [1.807, 2.05) is 37.3 Å². The molecule has 2 aromatic carbocycles. The maximum absolute atomic E-state index is 6.12. The summed E-state index contributed by atoms with van der Waals surface area (Å²) in [5.74, 6) is 0.827. The average Bonchev–Trinajstić information content (AvgIpc) is 2.41. The van der Waals surface area contributed by atoms with E-state index in [0.717, 1.165) is 32.1 Å². The SMILES string of the molecule is COc1ccc(Br)c(NCc2ccc(C)c(Cl)c2)c1. The van der Waals surface area contributed by atoms with Gasteiger partial charge in [-0.05, 0) is 52.2 Å². The quantitative estimate of drug-likeness (QED) is 0.842. The number of halogens is 2. The Bertz CT molecular complexity index is 586. The van der Waals surface area contributed by atoms with Gasteiger partial charge in [0.2, 0.25) is 0 Å². The summed E-state index contributed by atoms with van der Waals surface area (Å²) in [5, 5.41) is 4.16. The van der Waals surface area contributed by atoms with Crippen molar-refractivity contribution in [3.05, 3.63) is 57.0 Å². The van der Waals surface area contributed by atoms with Gasteiger partial charge < -0.3 is 10.1 Å².